The number of thiazole rings is 1. The number of benzene rings is 1. The second kappa shape index (κ2) is 3.58. The third-order valence-corrected chi connectivity index (χ3v) is 2.97. The van der Waals surface area contributed by atoms with Crippen LogP contribution >= 0.6 is 11.3 Å². The molecule has 5 heteroatoms. The standard InChI is InChI=1S/C10H9FN2OS/c1-5-7(11)3-4-8-9(5)13-10(15-8)12-6(2)14/h3-4H,1-2H3,(H,12,13,14). The molecule has 0 unspecified atom stereocenters. The van der Waals surface area contributed by atoms with Crippen LogP contribution in [0.5, 0.6) is 0 Å². The molecule has 0 saturated carbocycles. The molecule has 0 aliphatic rings. The van der Waals surface area contributed by atoms with Gasteiger partial charge in [-0.25, -0.2) is 9.37 Å². The van der Waals surface area contributed by atoms with Crippen LogP contribution in [0.25, 0.3) is 10.2 Å². The summed E-state index contributed by atoms with van der Waals surface area (Å²) >= 11 is 1.34. The summed E-state index contributed by atoms with van der Waals surface area (Å²) in [4.78, 5) is 15.0. The van der Waals surface area contributed by atoms with Crippen LogP contribution in [-0.4, -0.2) is 10.9 Å². The minimum atomic E-state index is -0.276. The van der Waals surface area contributed by atoms with Crippen molar-refractivity contribution in [2.24, 2.45) is 0 Å². The van der Waals surface area contributed by atoms with Crippen molar-refractivity contribution in [3.05, 3.63) is 23.5 Å². The maximum absolute atomic E-state index is 13.2. The summed E-state index contributed by atoms with van der Waals surface area (Å²) in [5.74, 6) is -0.450. The number of rotatable bonds is 1. The predicted molar refractivity (Wildman–Crippen MR) is 58.6 cm³/mol. The second-order valence-corrected chi connectivity index (χ2v) is 4.25. The maximum atomic E-state index is 13.2. The lowest BCUT2D eigenvalue weighted by molar-refractivity contribution is -0.114. The fourth-order valence-electron chi connectivity index (χ4n) is 1.30. The molecular weight excluding hydrogens is 215 g/mol. The number of hydrogen-bond acceptors (Lipinski definition) is 3. The number of fused-ring (bicyclic) bond motifs is 1. The van der Waals surface area contributed by atoms with Gasteiger partial charge in [0.05, 0.1) is 10.2 Å². The lowest BCUT2D eigenvalue weighted by atomic mass is 10.2. The molecule has 0 aliphatic heterocycles. The predicted octanol–water partition coefficient (Wildman–Crippen LogP) is 2.70. The van der Waals surface area contributed by atoms with Crippen molar-refractivity contribution in [2.45, 2.75) is 13.8 Å². The molecule has 1 aromatic heterocycles. The van der Waals surface area contributed by atoms with E-state index >= 15 is 0 Å². The van der Waals surface area contributed by atoms with Gasteiger partial charge in [-0.2, -0.15) is 0 Å². The van der Waals surface area contributed by atoms with Crippen LogP contribution in [0.1, 0.15) is 12.5 Å². The molecule has 1 N–H and O–H groups in total. The van der Waals surface area contributed by atoms with E-state index in [0.29, 0.717) is 16.2 Å². The van der Waals surface area contributed by atoms with Gasteiger partial charge in [0.15, 0.2) is 5.13 Å². The van der Waals surface area contributed by atoms with Gasteiger partial charge >= 0.3 is 0 Å². The highest BCUT2D eigenvalue weighted by atomic mass is 32.1. The molecule has 1 amide bonds. The molecule has 2 rings (SSSR count). The zero-order valence-electron chi connectivity index (χ0n) is 8.30. The van der Waals surface area contributed by atoms with Crippen LogP contribution in [0.4, 0.5) is 9.52 Å². The van der Waals surface area contributed by atoms with E-state index in [9.17, 15) is 9.18 Å². The van der Waals surface area contributed by atoms with Gasteiger partial charge in [-0.3, -0.25) is 4.79 Å². The third-order valence-electron chi connectivity index (χ3n) is 2.03. The summed E-state index contributed by atoms with van der Waals surface area (Å²) in [6.45, 7) is 3.09. The quantitative estimate of drug-likeness (QED) is 0.809. The summed E-state index contributed by atoms with van der Waals surface area (Å²) in [6, 6.07) is 3.08. The summed E-state index contributed by atoms with van der Waals surface area (Å²) in [6.07, 6.45) is 0. The van der Waals surface area contributed by atoms with Crippen molar-refractivity contribution >= 4 is 32.6 Å². The first-order valence-corrected chi connectivity index (χ1v) is 5.23. The number of amides is 1. The number of aryl methyl sites for hydroxylation is 1. The van der Waals surface area contributed by atoms with Crippen molar-refractivity contribution in [1.29, 1.82) is 0 Å². The zero-order valence-corrected chi connectivity index (χ0v) is 9.11. The molecule has 0 radical (unpaired) electrons. The van der Waals surface area contributed by atoms with Crippen LogP contribution in [0.2, 0.25) is 0 Å². The molecule has 1 heterocycles. The maximum Gasteiger partial charge on any atom is 0.223 e. The monoisotopic (exact) mass is 224 g/mol. The van der Waals surface area contributed by atoms with E-state index < -0.39 is 0 Å². The smallest absolute Gasteiger partial charge is 0.223 e. The Morgan fingerprint density at radius 3 is 2.93 bits per heavy atom. The van der Waals surface area contributed by atoms with Gasteiger partial charge in [-0.1, -0.05) is 11.3 Å². The number of carbonyl (C=O) groups is 1. The number of aromatic nitrogens is 1. The highest BCUT2D eigenvalue weighted by Gasteiger charge is 2.09. The van der Waals surface area contributed by atoms with Crippen molar-refractivity contribution in [3.63, 3.8) is 0 Å². The SMILES string of the molecule is CC(=O)Nc1nc2c(C)c(F)ccc2s1. The van der Waals surface area contributed by atoms with Gasteiger partial charge in [0, 0.05) is 12.5 Å². The third kappa shape index (κ3) is 1.83. The number of carbonyl (C=O) groups excluding carboxylic acids is 1. The van der Waals surface area contributed by atoms with Gasteiger partial charge in [-0.15, -0.1) is 0 Å². The summed E-state index contributed by atoms with van der Waals surface area (Å²) in [5, 5.41) is 3.09. The first-order chi connectivity index (χ1) is 7.08. The Kier molecular flexibility index (Phi) is 2.40. The molecule has 0 spiro atoms. The fourth-order valence-corrected chi connectivity index (χ4v) is 2.28. The molecule has 0 fully saturated rings. The molecule has 0 aliphatic carbocycles. The highest BCUT2D eigenvalue weighted by Crippen LogP contribution is 2.29. The van der Waals surface area contributed by atoms with Crippen molar-refractivity contribution < 1.29 is 9.18 Å². The van der Waals surface area contributed by atoms with E-state index in [1.807, 2.05) is 0 Å². The fraction of sp³-hybridized carbons (Fsp3) is 0.200. The number of halogens is 1. The average Bonchev–Trinajstić information content (AvgIpc) is 2.54. The Labute approximate surface area is 89.9 Å². The average molecular weight is 224 g/mol. The Balaban J connectivity index is 2.56. The normalized spacial score (nSPS) is 10.6. The molecule has 0 bridgehead atoms. The van der Waals surface area contributed by atoms with Gasteiger partial charge in [-0.05, 0) is 19.1 Å². The van der Waals surface area contributed by atoms with Gasteiger partial charge < -0.3 is 5.32 Å². The number of nitrogens with one attached hydrogen (secondary N) is 1. The van der Waals surface area contributed by atoms with Crippen molar-refractivity contribution in [1.82, 2.24) is 4.98 Å². The zero-order chi connectivity index (χ0) is 11.0. The second-order valence-electron chi connectivity index (χ2n) is 3.22. The molecule has 1 aromatic carbocycles. The molecule has 2 aromatic rings. The molecule has 78 valence electrons. The minimum Gasteiger partial charge on any atom is -0.302 e. The van der Waals surface area contributed by atoms with Gasteiger partial charge in [0.1, 0.15) is 5.82 Å². The van der Waals surface area contributed by atoms with Crippen LogP contribution in [0, 0.1) is 12.7 Å². The number of nitrogens with zero attached hydrogens (tertiary/aromatic N) is 1. The van der Waals surface area contributed by atoms with Gasteiger partial charge in [0.2, 0.25) is 5.91 Å². The van der Waals surface area contributed by atoms with Crippen LogP contribution < -0.4 is 5.32 Å². The first-order valence-electron chi connectivity index (χ1n) is 4.41. The van der Waals surface area contributed by atoms with E-state index in [0.717, 1.165) is 4.70 Å². The molecular formula is C10H9FN2OS. The molecule has 0 saturated heterocycles. The Morgan fingerprint density at radius 1 is 1.53 bits per heavy atom. The lowest BCUT2D eigenvalue weighted by Crippen LogP contribution is -2.04. The molecule has 3 nitrogen and oxygen atoms in total. The molecule has 0 atom stereocenters. The largest absolute Gasteiger partial charge is 0.302 e. The number of hydrogen-bond donors (Lipinski definition) is 1. The minimum absolute atomic E-state index is 0.174. The van der Waals surface area contributed by atoms with Crippen LogP contribution in [0.15, 0.2) is 12.1 Å². The van der Waals surface area contributed by atoms with Crippen LogP contribution in [0.3, 0.4) is 0 Å². The van der Waals surface area contributed by atoms with Crippen molar-refractivity contribution in [3.8, 4) is 0 Å². The summed E-state index contributed by atoms with van der Waals surface area (Å²) in [5.41, 5.74) is 1.13. The van der Waals surface area contributed by atoms with E-state index in [1.165, 1.54) is 24.3 Å². The first kappa shape index (κ1) is 10.0. The van der Waals surface area contributed by atoms with E-state index in [2.05, 4.69) is 10.3 Å². The Morgan fingerprint density at radius 2 is 2.27 bits per heavy atom. The Bertz CT molecular complexity index is 535. The topological polar surface area (TPSA) is 42.0 Å². The number of anilines is 1. The molecule has 15 heavy (non-hydrogen) atoms. The summed E-state index contributed by atoms with van der Waals surface area (Å²) < 4.78 is 14.1. The van der Waals surface area contributed by atoms with Gasteiger partial charge in [0.25, 0.3) is 0 Å². The van der Waals surface area contributed by atoms with E-state index in [4.69, 9.17) is 0 Å². The lowest BCUT2D eigenvalue weighted by Gasteiger charge is -1.94. The van der Waals surface area contributed by atoms with Crippen LogP contribution in [-0.2, 0) is 4.79 Å². The Hall–Kier alpha value is -1.49. The van der Waals surface area contributed by atoms with Crippen molar-refractivity contribution in [2.75, 3.05) is 5.32 Å². The summed E-state index contributed by atoms with van der Waals surface area (Å²) in [7, 11) is 0. The van der Waals surface area contributed by atoms with E-state index in [1.54, 1.807) is 13.0 Å². The van der Waals surface area contributed by atoms with E-state index in [-0.39, 0.29) is 11.7 Å². The highest BCUT2D eigenvalue weighted by molar-refractivity contribution is 7.22.